The van der Waals surface area contributed by atoms with Gasteiger partial charge in [-0.25, -0.2) is 0 Å². The molecule has 0 bridgehead atoms. The molecule has 1 radical (unpaired) electrons. The molecule has 0 saturated heterocycles. The van der Waals surface area contributed by atoms with Crippen LogP contribution in [0.25, 0.3) is 0 Å². The van der Waals surface area contributed by atoms with Gasteiger partial charge in [0, 0.05) is 6.42 Å². The van der Waals surface area contributed by atoms with Gasteiger partial charge in [-0.3, -0.25) is 4.79 Å². The van der Waals surface area contributed by atoms with E-state index >= 15 is 0 Å². The molecular weight excluding hydrogens is 264 g/mol. The number of unbranched alkanes of at least 4 members (excludes halogenated alkanes) is 1. The lowest BCUT2D eigenvalue weighted by molar-refractivity contribution is -0.135. The summed E-state index contributed by atoms with van der Waals surface area (Å²) in [5.74, 6) is 1.81. The van der Waals surface area contributed by atoms with Crippen LogP contribution in [0.1, 0.15) is 60.8 Å². The molecule has 0 fully saturated rings. The van der Waals surface area contributed by atoms with E-state index in [-0.39, 0.29) is 5.97 Å². The largest absolute Gasteiger partial charge is 0.519 e. The Labute approximate surface area is 127 Å². The maximum absolute atomic E-state index is 12.1. The maximum atomic E-state index is 12.1. The van der Waals surface area contributed by atoms with Crippen molar-refractivity contribution in [2.75, 3.05) is 0 Å². The van der Waals surface area contributed by atoms with E-state index in [0.29, 0.717) is 24.2 Å². The Balaban J connectivity index is 4.98. The summed E-state index contributed by atoms with van der Waals surface area (Å²) >= 11 is 0. The van der Waals surface area contributed by atoms with E-state index < -0.39 is 8.32 Å². The molecule has 0 rings (SSSR count). The molecule has 0 aromatic rings. The fourth-order valence-electron chi connectivity index (χ4n) is 3.17. The Morgan fingerprint density at radius 1 is 0.950 bits per heavy atom. The number of carbonyl (C=O) groups is 1. The normalized spacial score (nSPS) is 12.5. The van der Waals surface area contributed by atoms with E-state index in [1.807, 2.05) is 0 Å². The van der Waals surface area contributed by atoms with Crippen LogP contribution >= 0.6 is 0 Å². The smallest absolute Gasteiger partial charge is 0.292 e. The Kier molecular flexibility index (Phi) is 9.44. The van der Waals surface area contributed by atoms with Crippen LogP contribution in [0, 0.1) is 24.7 Å². The van der Waals surface area contributed by atoms with Crippen molar-refractivity contribution in [3.05, 3.63) is 6.92 Å². The van der Waals surface area contributed by atoms with Gasteiger partial charge >= 0.3 is 0 Å². The Morgan fingerprint density at radius 3 is 1.65 bits per heavy atom. The highest BCUT2D eigenvalue weighted by Gasteiger charge is 2.40. The molecule has 119 valence electrons. The van der Waals surface area contributed by atoms with Gasteiger partial charge < -0.3 is 4.43 Å². The van der Waals surface area contributed by atoms with Gasteiger partial charge in [0.2, 0.25) is 0 Å². The minimum atomic E-state index is -1.97. The van der Waals surface area contributed by atoms with Crippen molar-refractivity contribution in [1.29, 1.82) is 0 Å². The minimum Gasteiger partial charge on any atom is -0.519 e. The lowest BCUT2D eigenvalue weighted by Gasteiger charge is -2.35. The van der Waals surface area contributed by atoms with E-state index in [1.165, 1.54) is 0 Å². The average molecular weight is 300 g/mol. The maximum Gasteiger partial charge on any atom is 0.292 e. The monoisotopic (exact) mass is 299 g/mol. The SMILES string of the molecule is [CH2]CCCC(=O)O[Si](CC(C)C)(CC(C)C)CC(C)C. The van der Waals surface area contributed by atoms with E-state index in [9.17, 15) is 4.79 Å². The highest BCUT2D eigenvalue weighted by molar-refractivity contribution is 6.75. The number of hydrogen-bond donors (Lipinski definition) is 0. The fourth-order valence-corrected chi connectivity index (χ4v) is 8.97. The van der Waals surface area contributed by atoms with Crippen molar-refractivity contribution in [3.63, 3.8) is 0 Å². The van der Waals surface area contributed by atoms with Gasteiger partial charge in [-0.2, -0.15) is 0 Å². The van der Waals surface area contributed by atoms with Crippen molar-refractivity contribution in [3.8, 4) is 0 Å². The van der Waals surface area contributed by atoms with E-state index in [1.54, 1.807) is 0 Å². The van der Waals surface area contributed by atoms with Crippen LogP contribution in [0.15, 0.2) is 0 Å². The highest BCUT2D eigenvalue weighted by Crippen LogP contribution is 2.33. The highest BCUT2D eigenvalue weighted by atomic mass is 28.4. The molecule has 0 amide bonds. The van der Waals surface area contributed by atoms with Gasteiger partial charge in [0.15, 0.2) is 0 Å². The third kappa shape index (κ3) is 8.78. The summed E-state index contributed by atoms with van der Waals surface area (Å²) < 4.78 is 6.14. The molecule has 0 atom stereocenters. The average Bonchev–Trinajstić information content (AvgIpc) is 2.22. The molecule has 20 heavy (non-hydrogen) atoms. The molecule has 3 heteroatoms. The van der Waals surface area contributed by atoms with Crippen LogP contribution in [0.3, 0.4) is 0 Å². The predicted molar refractivity (Wildman–Crippen MR) is 90.0 cm³/mol. The predicted octanol–water partition coefficient (Wildman–Crippen LogP) is 5.45. The second-order valence-corrected chi connectivity index (χ2v) is 11.2. The van der Waals surface area contributed by atoms with Gasteiger partial charge in [-0.15, -0.1) is 0 Å². The minimum absolute atomic E-state index is 0.0160. The number of rotatable bonds is 10. The van der Waals surface area contributed by atoms with Crippen molar-refractivity contribution >= 4 is 14.3 Å². The van der Waals surface area contributed by atoms with E-state index in [0.717, 1.165) is 31.0 Å². The summed E-state index contributed by atoms with van der Waals surface area (Å²) in [4.78, 5) is 12.1. The van der Waals surface area contributed by atoms with Gasteiger partial charge in [0.1, 0.15) is 0 Å². The number of hydrogen-bond acceptors (Lipinski definition) is 2. The van der Waals surface area contributed by atoms with Gasteiger partial charge in [-0.05, 0) is 42.3 Å². The molecule has 0 aliphatic carbocycles. The van der Waals surface area contributed by atoms with Crippen LogP contribution in [0.5, 0.6) is 0 Å². The van der Waals surface area contributed by atoms with Gasteiger partial charge in [0.05, 0.1) is 0 Å². The fraction of sp³-hybridized carbons (Fsp3) is 0.882. The van der Waals surface area contributed by atoms with Crippen molar-refractivity contribution in [2.45, 2.75) is 78.9 Å². The quantitative estimate of drug-likeness (QED) is 0.501. The van der Waals surface area contributed by atoms with Crippen molar-refractivity contribution in [2.24, 2.45) is 17.8 Å². The van der Waals surface area contributed by atoms with Crippen LogP contribution in [-0.4, -0.2) is 14.3 Å². The van der Waals surface area contributed by atoms with Crippen LogP contribution in [-0.2, 0) is 9.22 Å². The first kappa shape index (κ1) is 19.7. The van der Waals surface area contributed by atoms with Crippen molar-refractivity contribution in [1.82, 2.24) is 0 Å². The summed E-state index contributed by atoms with van der Waals surface area (Å²) in [7, 11) is -1.97. The third-order valence-corrected chi connectivity index (χ3v) is 8.64. The van der Waals surface area contributed by atoms with Crippen molar-refractivity contribution < 1.29 is 9.22 Å². The summed E-state index contributed by atoms with van der Waals surface area (Å²) in [6, 6.07) is 3.29. The second-order valence-electron chi connectivity index (χ2n) is 7.41. The molecule has 0 heterocycles. The first-order valence-corrected chi connectivity index (χ1v) is 10.7. The first-order chi connectivity index (χ1) is 9.20. The standard InChI is InChI=1S/C17H35O2Si/c1-8-9-10-17(18)19-20(11-14(2)3,12-15(4)5)13-16(6)7/h14-16H,1,8-13H2,2-7H3. The van der Waals surface area contributed by atoms with Crippen LogP contribution < -0.4 is 0 Å². The molecule has 2 nitrogen and oxygen atoms in total. The van der Waals surface area contributed by atoms with Crippen LogP contribution in [0.2, 0.25) is 18.1 Å². The molecule has 0 aromatic heterocycles. The summed E-state index contributed by atoms with van der Waals surface area (Å²) in [6.07, 6.45) is 2.18. The lowest BCUT2D eigenvalue weighted by atomic mass is 10.2. The molecular formula is C17H35O2Si. The lowest BCUT2D eigenvalue weighted by Crippen LogP contribution is -2.44. The van der Waals surface area contributed by atoms with Crippen LogP contribution in [0.4, 0.5) is 0 Å². The molecule has 0 aliphatic heterocycles. The summed E-state index contributed by atoms with van der Waals surface area (Å²) in [6.45, 7) is 17.3. The molecule has 0 aromatic carbocycles. The van der Waals surface area contributed by atoms with Gasteiger partial charge in [-0.1, -0.05) is 54.9 Å². The first-order valence-electron chi connectivity index (χ1n) is 8.22. The van der Waals surface area contributed by atoms with E-state index in [2.05, 4.69) is 48.5 Å². The van der Waals surface area contributed by atoms with Gasteiger partial charge in [0.25, 0.3) is 14.3 Å². The number of carbonyl (C=O) groups excluding carboxylic acids is 1. The molecule has 0 saturated carbocycles. The zero-order valence-electron chi connectivity index (χ0n) is 14.5. The molecule has 0 N–H and O–H groups in total. The zero-order chi connectivity index (χ0) is 15.8. The van der Waals surface area contributed by atoms with E-state index in [4.69, 9.17) is 4.43 Å². The Hall–Kier alpha value is -0.313. The Morgan fingerprint density at radius 2 is 1.35 bits per heavy atom. The summed E-state index contributed by atoms with van der Waals surface area (Å²) in [5, 5.41) is 0. The molecule has 0 unspecified atom stereocenters. The topological polar surface area (TPSA) is 26.3 Å². The zero-order valence-corrected chi connectivity index (χ0v) is 15.5. The summed E-state index contributed by atoms with van der Waals surface area (Å²) in [5.41, 5.74) is 0. The second kappa shape index (κ2) is 9.59. The molecule has 0 spiro atoms. The molecule has 0 aliphatic rings. The third-order valence-electron chi connectivity index (χ3n) is 3.30. The Bertz CT molecular complexity index is 246.